The first-order valence-corrected chi connectivity index (χ1v) is 5.80. The Morgan fingerprint density at radius 2 is 1.88 bits per heavy atom. The van der Waals surface area contributed by atoms with E-state index in [9.17, 15) is 0 Å². The van der Waals surface area contributed by atoms with Crippen molar-refractivity contribution in [3.63, 3.8) is 0 Å². The Balaban J connectivity index is 2.17. The fraction of sp³-hybridized carbons (Fsp3) is 0.143. The summed E-state index contributed by atoms with van der Waals surface area (Å²) < 4.78 is 0. The maximum atomic E-state index is 6.03. The average molecular weight is 230 g/mol. The van der Waals surface area contributed by atoms with Crippen molar-refractivity contribution in [1.29, 1.82) is 0 Å². The van der Waals surface area contributed by atoms with E-state index in [0.29, 0.717) is 0 Å². The van der Waals surface area contributed by atoms with E-state index < -0.39 is 0 Å². The van der Waals surface area contributed by atoms with Crippen molar-refractivity contribution in [3.8, 4) is 11.1 Å². The Bertz CT molecular complexity index is 534. The summed E-state index contributed by atoms with van der Waals surface area (Å²) in [5.74, 6) is 0. The van der Waals surface area contributed by atoms with Crippen LogP contribution in [0.2, 0.25) is 5.02 Å². The highest BCUT2D eigenvalue weighted by Crippen LogP contribution is 2.30. The van der Waals surface area contributed by atoms with Gasteiger partial charge >= 0.3 is 0 Å². The van der Waals surface area contributed by atoms with Gasteiger partial charge < -0.3 is 5.32 Å². The molecule has 2 aromatic rings. The molecule has 0 atom stereocenters. The zero-order valence-electron chi connectivity index (χ0n) is 8.83. The van der Waals surface area contributed by atoms with Crippen molar-refractivity contribution < 1.29 is 0 Å². The van der Waals surface area contributed by atoms with Gasteiger partial charge in [-0.2, -0.15) is 0 Å². The van der Waals surface area contributed by atoms with Crippen LogP contribution in [0.1, 0.15) is 11.1 Å². The van der Waals surface area contributed by atoms with E-state index in [1.807, 2.05) is 18.2 Å². The van der Waals surface area contributed by atoms with E-state index in [-0.39, 0.29) is 0 Å². The minimum Gasteiger partial charge on any atom is -0.309 e. The summed E-state index contributed by atoms with van der Waals surface area (Å²) in [6.07, 6.45) is 0. The maximum Gasteiger partial charge on any atom is 0.0412 e. The molecule has 3 rings (SSSR count). The van der Waals surface area contributed by atoms with Gasteiger partial charge in [-0.05, 0) is 34.4 Å². The van der Waals surface area contributed by atoms with Gasteiger partial charge in [-0.3, -0.25) is 0 Å². The molecule has 1 aliphatic rings. The summed E-state index contributed by atoms with van der Waals surface area (Å²) in [5, 5.41) is 4.17. The standard InChI is InChI=1S/C14H12ClN/c15-12-5-1-3-10(7-12)13-6-2-4-11-8-16-9-14(11)13/h1-7,16H,8-9H2. The number of hydrogen-bond donors (Lipinski definition) is 1. The Hall–Kier alpha value is -1.31. The fourth-order valence-corrected chi connectivity index (χ4v) is 2.45. The molecule has 1 heterocycles. The molecule has 0 spiro atoms. The molecule has 0 saturated carbocycles. The molecule has 0 unspecified atom stereocenters. The number of hydrogen-bond acceptors (Lipinski definition) is 1. The summed E-state index contributed by atoms with van der Waals surface area (Å²) in [7, 11) is 0. The predicted molar refractivity (Wildman–Crippen MR) is 67.4 cm³/mol. The van der Waals surface area contributed by atoms with Gasteiger partial charge in [-0.1, -0.05) is 41.9 Å². The monoisotopic (exact) mass is 229 g/mol. The Morgan fingerprint density at radius 1 is 1.00 bits per heavy atom. The lowest BCUT2D eigenvalue weighted by Crippen LogP contribution is -2.00. The molecule has 1 aliphatic heterocycles. The number of halogens is 1. The second kappa shape index (κ2) is 3.93. The summed E-state index contributed by atoms with van der Waals surface area (Å²) >= 11 is 6.03. The van der Waals surface area contributed by atoms with E-state index >= 15 is 0 Å². The first kappa shape index (κ1) is 9.88. The van der Waals surface area contributed by atoms with Gasteiger partial charge in [0.05, 0.1) is 0 Å². The number of benzene rings is 2. The van der Waals surface area contributed by atoms with E-state index in [0.717, 1.165) is 18.1 Å². The lowest BCUT2D eigenvalue weighted by atomic mass is 9.97. The van der Waals surface area contributed by atoms with Gasteiger partial charge in [0.1, 0.15) is 0 Å². The van der Waals surface area contributed by atoms with Crippen LogP contribution in [0.4, 0.5) is 0 Å². The molecule has 0 bridgehead atoms. The molecule has 0 amide bonds. The van der Waals surface area contributed by atoms with E-state index in [1.54, 1.807) is 0 Å². The third-order valence-electron chi connectivity index (χ3n) is 3.03. The van der Waals surface area contributed by atoms with Crippen molar-refractivity contribution in [2.45, 2.75) is 13.1 Å². The average Bonchev–Trinajstić information content (AvgIpc) is 2.76. The summed E-state index contributed by atoms with van der Waals surface area (Å²) in [5.41, 5.74) is 5.31. The first-order valence-electron chi connectivity index (χ1n) is 5.42. The van der Waals surface area contributed by atoms with Crippen molar-refractivity contribution in [2.75, 3.05) is 0 Å². The van der Waals surface area contributed by atoms with E-state index in [4.69, 9.17) is 11.6 Å². The fourth-order valence-electron chi connectivity index (χ4n) is 2.26. The highest BCUT2D eigenvalue weighted by molar-refractivity contribution is 6.30. The second-order valence-electron chi connectivity index (χ2n) is 4.06. The smallest absolute Gasteiger partial charge is 0.0412 e. The summed E-state index contributed by atoms with van der Waals surface area (Å²) in [6, 6.07) is 14.5. The van der Waals surface area contributed by atoms with Crippen LogP contribution in [-0.4, -0.2) is 0 Å². The van der Waals surface area contributed by atoms with Crippen LogP contribution in [0.25, 0.3) is 11.1 Å². The van der Waals surface area contributed by atoms with Gasteiger partial charge in [-0.15, -0.1) is 0 Å². The van der Waals surface area contributed by atoms with Crippen LogP contribution in [0.5, 0.6) is 0 Å². The molecule has 0 saturated heterocycles. The quantitative estimate of drug-likeness (QED) is 0.788. The predicted octanol–water partition coefficient (Wildman–Crippen LogP) is 3.61. The topological polar surface area (TPSA) is 12.0 Å². The van der Waals surface area contributed by atoms with Crippen molar-refractivity contribution in [2.24, 2.45) is 0 Å². The number of fused-ring (bicyclic) bond motifs is 1. The number of nitrogens with one attached hydrogen (secondary N) is 1. The highest BCUT2D eigenvalue weighted by Gasteiger charge is 2.14. The summed E-state index contributed by atoms with van der Waals surface area (Å²) in [6.45, 7) is 1.93. The van der Waals surface area contributed by atoms with Crippen LogP contribution in [0.15, 0.2) is 42.5 Å². The zero-order chi connectivity index (χ0) is 11.0. The molecule has 2 aromatic carbocycles. The van der Waals surface area contributed by atoms with Crippen molar-refractivity contribution in [1.82, 2.24) is 5.32 Å². The third kappa shape index (κ3) is 1.62. The Kier molecular flexibility index (Phi) is 2.43. The molecule has 1 nitrogen and oxygen atoms in total. The second-order valence-corrected chi connectivity index (χ2v) is 4.49. The lowest BCUT2D eigenvalue weighted by molar-refractivity contribution is 0.765. The van der Waals surface area contributed by atoms with Gasteiger partial charge in [0, 0.05) is 18.1 Å². The molecule has 2 heteroatoms. The van der Waals surface area contributed by atoms with Crippen LogP contribution in [0.3, 0.4) is 0 Å². The maximum absolute atomic E-state index is 6.03. The number of rotatable bonds is 1. The van der Waals surface area contributed by atoms with Gasteiger partial charge in [0.25, 0.3) is 0 Å². The van der Waals surface area contributed by atoms with Gasteiger partial charge in [0.15, 0.2) is 0 Å². The summed E-state index contributed by atoms with van der Waals surface area (Å²) in [4.78, 5) is 0. The molecule has 0 aromatic heterocycles. The molecule has 0 radical (unpaired) electrons. The molecule has 0 fully saturated rings. The zero-order valence-corrected chi connectivity index (χ0v) is 9.59. The van der Waals surface area contributed by atoms with Crippen LogP contribution in [0, 0.1) is 0 Å². The molecule has 80 valence electrons. The van der Waals surface area contributed by atoms with Crippen molar-refractivity contribution in [3.05, 3.63) is 58.6 Å². The van der Waals surface area contributed by atoms with E-state index in [2.05, 4.69) is 29.6 Å². The Morgan fingerprint density at radius 3 is 2.75 bits per heavy atom. The minimum atomic E-state index is 0.793. The molecule has 1 N–H and O–H groups in total. The third-order valence-corrected chi connectivity index (χ3v) is 3.26. The normalized spacial score (nSPS) is 13.8. The molecule has 0 aliphatic carbocycles. The first-order chi connectivity index (χ1) is 7.84. The van der Waals surface area contributed by atoms with Crippen LogP contribution in [-0.2, 0) is 13.1 Å². The minimum absolute atomic E-state index is 0.793. The highest BCUT2D eigenvalue weighted by atomic mass is 35.5. The van der Waals surface area contributed by atoms with Gasteiger partial charge in [-0.25, -0.2) is 0 Å². The SMILES string of the molecule is Clc1cccc(-c2cccc3c2CNC3)c1. The van der Waals surface area contributed by atoms with Crippen LogP contribution < -0.4 is 5.32 Å². The van der Waals surface area contributed by atoms with Gasteiger partial charge in [0.2, 0.25) is 0 Å². The molecular weight excluding hydrogens is 218 g/mol. The molecule has 16 heavy (non-hydrogen) atoms. The largest absolute Gasteiger partial charge is 0.309 e. The molecular formula is C14H12ClN. The Labute approximate surface area is 100 Å². The van der Waals surface area contributed by atoms with Crippen molar-refractivity contribution >= 4 is 11.6 Å². The van der Waals surface area contributed by atoms with E-state index in [1.165, 1.54) is 22.3 Å². The van der Waals surface area contributed by atoms with Crippen LogP contribution >= 0.6 is 11.6 Å². The lowest BCUT2D eigenvalue weighted by Gasteiger charge is -2.08.